The van der Waals surface area contributed by atoms with Gasteiger partial charge in [-0.3, -0.25) is 0 Å². The smallest absolute Gasteiger partial charge is 0.267 e. The largest absolute Gasteiger partial charge is 0.496 e. The van der Waals surface area contributed by atoms with E-state index in [-0.39, 0.29) is 11.3 Å². The summed E-state index contributed by atoms with van der Waals surface area (Å²) in [5, 5.41) is 0. The molecule has 0 unspecified atom stereocenters. The van der Waals surface area contributed by atoms with E-state index in [1.54, 1.807) is 12.1 Å². The van der Waals surface area contributed by atoms with Crippen molar-refractivity contribution in [3.05, 3.63) is 29.3 Å². The number of ether oxygens (including phenoxy) is 1. The molecule has 1 N–H and O–H groups in total. The minimum Gasteiger partial charge on any atom is -0.496 e. The molecule has 5 heteroatoms. The number of hydrogen-bond acceptors (Lipinski definition) is 3. The molecule has 1 aromatic carbocycles. The Balaban J connectivity index is 2.99. The van der Waals surface area contributed by atoms with E-state index in [2.05, 4.69) is 10.3 Å². The molecule has 84 valence electrons. The predicted octanol–water partition coefficient (Wildman–Crippen LogP) is 2.28. The van der Waals surface area contributed by atoms with E-state index in [4.69, 9.17) is 4.74 Å². The SMILES string of the molecule is CONCc1cccc(C(F)F)c1OC. The van der Waals surface area contributed by atoms with Gasteiger partial charge in [-0.15, -0.1) is 0 Å². The Hall–Kier alpha value is -1.20. The topological polar surface area (TPSA) is 30.5 Å². The van der Waals surface area contributed by atoms with Gasteiger partial charge in [-0.1, -0.05) is 12.1 Å². The Morgan fingerprint density at radius 2 is 2.07 bits per heavy atom. The van der Waals surface area contributed by atoms with Gasteiger partial charge in [0.15, 0.2) is 0 Å². The third-order valence-electron chi connectivity index (χ3n) is 1.97. The van der Waals surface area contributed by atoms with Crippen LogP contribution in [0.25, 0.3) is 0 Å². The van der Waals surface area contributed by atoms with Crippen LogP contribution in [-0.4, -0.2) is 14.2 Å². The van der Waals surface area contributed by atoms with Crippen molar-refractivity contribution in [2.45, 2.75) is 13.0 Å². The number of methoxy groups -OCH3 is 1. The highest BCUT2D eigenvalue weighted by molar-refractivity contribution is 5.42. The van der Waals surface area contributed by atoms with Crippen molar-refractivity contribution in [3.63, 3.8) is 0 Å². The van der Waals surface area contributed by atoms with E-state index in [9.17, 15) is 8.78 Å². The fourth-order valence-electron chi connectivity index (χ4n) is 1.31. The molecular weight excluding hydrogens is 204 g/mol. The van der Waals surface area contributed by atoms with E-state index in [0.29, 0.717) is 12.1 Å². The Morgan fingerprint density at radius 1 is 1.33 bits per heavy atom. The third kappa shape index (κ3) is 2.87. The summed E-state index contributed by atoms with van der Waals surface area (Å²) in [7, 11) is 2.83. The molecule has 0 saturated carbocycles. The van der Waals surface area contributed by atoms with E-state index < -0.39 is 6.43 Å². The van der Waals surface area contributed by atoms with Crippen molar-refractivity contribution in [2.24, 2.45) is 0 Å². The normalized spacial score (nSPS) is 10.7. The second-order valence-corrected chi connectivity index (χ2v) is 2.87. The Labute approximate surface area is 87.0 Å². The van der Waals surface area contributed by atoms with Gasteiger partial charge in [-0.2, -0.15) is 5.48 Å². The Kier molecular flexibility index (Phi) is 4.45. The first-order valence-electron chi connectivity index (χ1n) is 4.40. The maximum absolute atomic E-state index is 12.6. The molecular formula is C10H13F2NO2. The van der Waals surface area contributed by atoms with Crippen molar-refractivity contribution < 1.29 is 18.4 Å². The standard InChI is InChI=1S/C10H13F2NO2/c1-14-9-7(6-13-15-2)4-3-5-8(9)10(11)12/h3-5,10,13H,6H2,1-2H3. The molecule has 0 fully saturated rings. The van der Waals surface area contributed by atoms with Crippen LogP contribution in [0.3, 0.4) is 0 Å². The molecule has 1 rings (SSSR count). The molecule has 0 atom stereocenters. The molecule has 0 amide bonds. The monoisotopic (exact) mass is 217 g/mol. The number of benzene rings is 1. The van der Waals surface area contributed by atoms with Gasteiger partial charge in [-0.05, 0) is 6.07 Å². The summed E-state index contributed by atoms with van der Waals surface area (Å²) in [6, 6.07) is 4.62. The highest BCUT2D eigenvalue weighted by atomic mass is 19.3. The summed E-state index contributed by atoms with van der Waals surface area (Å²) >= 11 is 0. The molecule has 0 saturated heterocycles. The second kappa shape index (κ2) is 5.63. The molecule has 0 aliphatic rings. The van der Waals surface area contributed by atoms with Gasteiger partial charge in [-0.25, -0.2) is 8.78 Å². The van der Waals surface area contributed by atoms with Crippen molar-refractivity contribution in [1.82, 2.24) is 5.48 Å². The average molecular weight is 217 g/mol. The summed E-state index contributed by atoms with van der Waals surface area (Å²) < 4.78 is 30.1. The number of para-hydroxylation sites is 1. The number of rotatable bonds is 5. The van der Waals surface area contributed by atoms with Crippen LogP contribution >= 0.6 is 0 Å². The lowest BCUT2D eigenvalue weighted by Crippen LogP contribution is -2.12. The predicted molar refractivity (Wildman–Crippen MR) is 51.8 cm³/mol. The number of hydrogen-bond donors (Lipinski definition) is 1. The van der Waals surface area contributed by atoms with Crippen molar-refractivity contribution in [3.8, 4) is 5.75 Å². The van der Waals surface area contributed by atoms with E-state index in [1.807, 2.05) is 0 Å². The fourth-order valence-corrected chi connectivity index (χ4v) is 1.31. The first-order valence-corrected chi connectivity index (χ1v) is 4.40. The number of nitrogens with one attached hydrogen (secondary N) is 1. The van der Waals surface area contributed by atoms with Crippen LogP contribution in [0.2, 0.25) is 0 Å². The lowest BCUT2D eigenvalue weighted by molar-refractivity contribution is 0.0858. The van der Waals surface area contributed by atoms with Crippen LogP contribution in [0.5, 0.6) is 5.75 Å². The lowest BCUT2D eigenvalue weighted by atomic mass is 10.1. The van der Waals surface area contributed by atoms with Gasteiger partial charge in [0.25, 0.3) is 6.43 Å². The summed E-state index contributed by atoms with van der Waals surface area (Å²) in [6.07, 6.45) is -2.54. The molecule has 0 heterocycles. The minimum atomic E-state index is -2.54. The molecule has 0 aliphatic heterocycles. The maximum atomic E-state index is 12.6. The number of hydroxylamine groups is 1. The maximum Gasteiger partial charge on any atom is 0.267 e. The molecule has 0 radical (unpaired) electrons. The van der Waals surface area contributed by atoms with Crippen LogP contribution in [0.1, 0.15) is 17.6 Å². The Morgan fingerprint density at radius 3 is 2.60 bits per heavy atom. The van der Waals surface area contributed by atoms with Crippen molar-refractivity contribution >= 4 is 0 Å². The van der Waals surface area contributed by atoms with Crippen LogP contribution < -0.4 is 10.2 Å². The molecule has 0 bridgehead atoms. The lowest BCUT2D eigenvalue weighted by Gasteiger charge is -2.12. The highest BCUT2D eigenvalue weighted by Crippen LogP contribution is 2.31. The highest BCUT2D eigenvalue weighted by Gasteiger charge is 2.16. The molecule has 1 aromatic rings. The van der Waals surface area contributed by atoms with Gasteiger partial charge in [0, 0.05) is 12.1 Å². The van der Waals surface area contributed by atoms with Gasteiger partial charge < -0.3 is 9.57 Å². The van der Waals surface area contributed by atoms with Crippen molar-refractivity contribution in [1.29, 1.82) is 0 Å². The van der Waals surface area contributed by atoms with Gasteiger partial charge >= 0.3 is 0 Å². The summed E-state index contributed by atoms with van der Waals surface area (Å²) in [5.74, 6) is 0.206. The third-order valence-corrected chi connectivity index (χ3v) is 1.97. The zero-order chi connectivity index (χ0) is 11.3. The zero-order valence-electron chi connectivity index (χ0n) is 8.59. The Bertz CT molecular complexity index is 318. The summed E-state index contributed by atoms with van der Waals surface area (Å²) in [4.78, 5) is 4.65. The first kappa shape index (κ1) is 11.9. The van der Waals surface area contributed by atoms with Gasteiger partial charge in [0.1, 0.15) is 5.75 Å². The number of halogens is 2. The molecule has 0 spiro atoms. The van der Waals surface area contributed by atoms with Crippen molar-refractivity contribution in [2.75, 3.05) is 14.2 Å². The quantitative estimate of drug-likeness (QED) is 0.767. The average Bonchev–Trinajstić information content (AvgIpc) is 2.25. The fraction of sp³-hybridized carbons (Fsp3) is 0.400. The zero-order valence-corrected chi connectivity index (χ0v) is 8.59. The van der Waals surface area contributed by atoms with Crippen LogP contribution in [0.15, 0.2) is 18.2 Å². The molecule has 0 aliphatic carbocycles. The van der Waals surface area contributed by atoms with Crippen LogP contribution in [0.4, 0.5) is 8.78 Å². The first-order chi connectivity index (χ1) is 7.20. The van der Waals surface area contributed by atoms with E-state index in [1.165, 1.54) is 20.3 Å². The molecule has 15 heavy (non-hydrogen) atoms. The van der Waals surface area contributed by atoms with E-state index >= 15 is 0 Å². The number of alkyl halides is 2. The van der Waals surface area contributed by atoms with Crippen LogP contribution in [0, 0.1) is 0 Å². The summed E-state index contributed by atoms with van der Waals surface area (Å²) in [6.45, 7) is 0.320. The minimum absolute atomic E-state index is 0.104. The van der Waals surface area contributed by atoms with Gasteiger partial charge in [0.05, 0.1) is 19.8 Å². The van der Waals surface area contributed by atoms with Gasteiger partial charge in [0.2, 0.25) is 0 Å². The van der Waals surface area contributed by atoms with E-state index in [0.717, 1.165) is 0 Å². The second-order valence-electron chi connectivity index (χ2n) is 2.87. The molecule has 0 aromatic heterocycles. The summed E-state index contributed by atoms with van der Waals surface area (Å²) in [5.41, 5.74) is 3.11. The van der Waals surface area contributed by atoms with Crippen LogP contribution in [-0.2, 0) is 11.4 Å². The molecule has 3 nitrogen and oxygen atoms in total.